The molecular formula is C30H32N6O2S. The Morgan fingerprint density at radius 1 is 1.15 bits per heavy atom. The number of nitrogens with zero attached hydrogens (tertiary/aromatic N) is 5. The highest BCUT2D eigenvalue weighted by Gasteiger charge is 2.32. The van der Waals surface area contributed by atoms with Gasteiger partial charge in [0.15, 0.2) is 5.82 Å². The van der Waals surface area contributed by atoms with Crippen LogP contribution in [0.5, 0.6) is 0 Å². The van der Waals surface area contributed by atoms with Crippen molar-refractivity contribution in [1.29, 1.82) is 0 Å². The van der Waals surface area contributed by atoms with E-state index in [-0.39, 0.29) is 11.7 Å². The molecule has 200 valence electrons. The van der Waals surface area contributed by atoms with Crippen LogP contribution >= 0.6 is 11.3 Å². The number of fused-ring (bicyclic) bond motifs is 1. The van der Waals surface area contributed by atoms with Gasteiger partial charge in [-0.3, -0.25) is 9.69 Å². The van der Waals surface area contributed by atoms with Gasteiger partial charge < -0.3 is 9.72 Å². The summed E-state index contributed by atoms with van der Waals surface area (Å²) in [6.45, 7) is 4.74. The fourth-order valence-corrected chi connectivity index (χ4v) is 6.17. The highest BCUT2D eigenvalue weighted by molar-refractivity contribution is 7.09. The number of H-pyrrole nitrogens is 1. The first-order valence-electron chi connectivity index (χ1n) is 13.5. The molecule has 0 bridgehead atoms. The standard InChI is InChI=1S/C30H32N6O2S/c1-21-8-5-11-23-18-26(30(37)31-27(21)23)28(29-32-33-34-36(29)19-24-12-6-16-38-24)35(20-25-13-7-17-39-25)15-14-22-9-3-2-4-10-22/h2-5,7-11,13,17-18,24,28H,6,12,14-16,19-20H2,1H3,(H,31,37)/t24-,28-/m1/s1. The third-order valence-corrected chi connectivity index (χ3v) is 8.31. The molecule has 8 nitrogen and oxygen atoms in total. The quantitative estimate of drug-likeness (QED) is 0.271. The molecule has 2 aromatic carbocycles. The topological polar surface area (TPSA) is 88.9 Å². The smallest absolute Gasteiger partial charge is 0.253 e. The molecule has 1 fully saturated rings. The SMILES string of the molecule is Cc1cccc2cc([C@H](c3nnnn3C[C@H]3CCCO3)N(CCc3ccccc3)Cc3cccs3)c(=O)[nH]c12. The number of para-hydroxylation sites is 1. The van der Waals surface area contributed by atoms with E-state index in [4.69, 9.17) is 4.74 Å². The van der Waals surface area contributed by atoms with Gasteiger partial charge in [0.1, 0.15) is 6.04 Å². The largest absolute Gasteiger partial charge is 0.376 e. The number of aromatic nitrogens is 5. The van der Waals surface area contributed by atoms with E-state index in [1.54, 1.807) is 11.3 Å². The minimum absolute atomic E-state index is 0.0699. The van der Waals surface area contributed by atoms with Crippen LogP contribution in [0, 0.1) is 6.92 Å². The van der Waals surface area contributed by atoms with Gasteiger partial charge >= 0.3 is 0 Å². The maximum atomic E-state index is 13.8. The Bertz CT molecular complexity index is 1570. The number of nitrogens with one attached hydrogen (secondary N) is 1. The van der Waals surface area contributed by atoms with Crippen molar-refractivity contribution in [3.8, 4) is 0 Å². The number of ether oxygens (including phenoxy) is 1. The van der Waals surface area contributed by atoms with Gasteiger partial charge in [0.05, 0.1) is 18.2 Å². The molecule has 1 N–H and O–H groups in total. The lowest BCUT2D eigenvalue weighted by Gasteiger charge is -2.31. The average Bonchev–Trinajstić information content (AvgIpc) is 3.74. The number of aromatic amines is 1. The van der Waals surface area contributed by atoms with Gasteiger partial charge in [0, 0.05) is 30.1 Å². The Morgan fingerprint density at radius 3 is 2.85 bits per heavy atom. The predicted molar refractivity (Wildman–Crippen MR) is 153 cm³/mol. The zero-order valence-electron chi connectivity index (χ0n) is 22.0. The molecule has 0 aliphatic carbocycles. The van der Waals surface area contributed by atoms with Crippen molar-refractivity contribution in [1.82, 2.24) is 30.1 Å². The fourth-order valence-electron chi connectivity index (χ4n) is 5.44. The Labute approximate surface area is 231 Å². The first-order valence-corrected chi connectivity index (χ1v) is 14.3. The number of tetrazole rings is 1. The van der Waals surface area contributed by atoms with E-state index in [9.17, 15) is 4.79 Å². The molecule has 39 heavy (non-hydrogen) atoms. The normalized spacial score (nSPS) is 16.3. The van der Waals surface area contributed by atoms with E-state index in [2.05, 4.69) is 67.2 Å². The highest BCUT2D eigenvalue weighted by Crippen LogP contribution is 2.30. The van der Waals surface area contributed by atoms with Crippen molar-refractivity contribution in [2.75, 3.05) is 13.2 Å². The molecule has 0 unspecified atom stereocenters. The van der Waals surface area contributed by atoms with Crippen LogP contribution in [0.3, 0.4) is 0 Å². The summed E-state index contributed by atoms with van der Waals surface area (Å²) in [6, 6.07) is 22.3. The van der Waals surface area contributed by atoms with Crippen LogP contribution in [-0.4, -0.2) is 49.3 Å². The van der Waals surface area contributed by atoms with Gasteiger partial charge in [0.2, 0.25) is 0 Å². The molecule has 0 amide bonds. The molecule has 4 heterocycles. The Kier molecular flexibility index (Phi) is 7.62. The van der Waals surface area contributed by atoms with Crippen molar-refractivity contribution >= 4 is 22.2 Å². The van der Waals surface area contributed by atoms with Crippen LogP contribution in [-0.2, 0) is 24.2 Å². The van der Waals surface area contributed by atoms with E-state index in [0.29, 0.717) is 24.5 Å². The number of hydrogen-bond acceptors (Lipinski definition) is 7. The third-order valence-electron chi connectivity index (χ3n) is 7.45. The predicted octanol–water partition coefficient (Wildman–Crippen LogP) is 4.90. The van der Waals surface area contributed by atoms with Crippen molar-refractivity contribution in [3.05, 3.63) is 110 Å². The zero-order valence-corrected chi connectivity index (χ0v) is 22.8. The van der Waals surface area contributed by atoms with E-state index < -0.39 is 6.04 Å². The van der Waals surface area contributed by atoms with Crippen LogP contribution in [0.2, 0.25) is 0 Å². The summed E-state index contributed by atoms with van der Waals surface area (Å²) in [7, 11) is 0. The van der Waals surface area contributed by atoms with Gasteiger partial charge in [-0.05, 0) is 70.6 Å². The summed E-state index contributed by atoms with van der Waals surface area (Å²) in [5.74, 6) is 0.660. The van der Waals surface area contributed by atoms with E-state index in [1.807, 2.05) is 41.9 Å². The monoisotopic (exact) mass is 540 g/mol. The molecular weight excluding hydrogens is 508 g/mol. The summed E-state index contributed by atoms with van der Waals surface area (Å²) in [4.78, 5) is 20.5. The molecule has 0 radical (unpaired) electrons. The summed E-state index contributed by atoms with van der Waals surface area (Å²) in [6.07, 6.45) is 2.92. The molecule has 9 heteroatoms. The number of aryl methyl sites for hydroxylation is 1. The Morgan fingerprint density at radius 2 is 2.05 bits per heavy atom. The second kappa shape index (κ2) is 11.6. The lowest BCUT2D eigenvalue weighted by molar-refractivity contribution is 0.0906. The summed E-state index contributed by atoms with van der Waals surface area (Å²) < 4.78 is 7.75. The fraction of sp³-hybridized carbons (Fsp3) is 0.333. The molecule has 1 aliphatic rings. The first-order chi connectivity index (χ1) is 19.2. The first kappa shape index (κ1) is 25.6. The second-order valence-electron chi connectivity index (χ2n) is 10.1. The molecule has 6 rings (SSSR count). The molecule has 5 aromatic rings. The molecule has 1 aliphatic heterocycles. The zero-order chi connectivity index (χ0) is 26.6. The molecule has 1 saturated heterocycles. The maximum Gasteiger partial charge on any atom is 0.253 e. The average molecular weight is 541 g/mol. The van der Waals surface area contributed by atoms with Crippen LogP contribution in [0.4, 0.5) is 0 Å². The Hall–Kier alpha value is -3.66. The van der Waals surface area contributed by atoms with Crippen LogP contribution in [0.25, 0.3) is 10.9 Å². The maximum absolute atomic E-state index is 13.8. The van der Waals surface area contributed by atoms with Gasteiger partial charge in [-0.1, -0.05) is 54.6 Å². The number of rotatable bonds is 10. The third kappa shape index (κ3) is 5.71. The van der Waals surface area contributed by atoms with Crippen LogP contribution in [0.1, 0.15) is 46.3 Å². The molecule has 3 aromatic heterocycles. The van der Waals surface area contributed by atoms with Crippen LogP contribution in [0.15, 0.2) is 76.9 Å². The van der Waals surface area contributed by atoms with Crippen molar-refractivity contribution < 1.29 is 4.74 Å². The van der Waals surface area contributed by atoms with Gasteiger partial charge in [-0.15, -0.1) is 16.4 Å². The van der Waals surface area contributed by atoms with Crippen molar-refractivity contribution in [2.45, 2.75) is 51.4 Å². The van der Waals surface area contributed by atoms with E-state index in [1.165, 1.54) is 10.4 Å². The van der Waals surface area contributed by atoms with Crippen molar-refractivity contribution in [2.24, 2.45) is 0 Å². The molecule has 2 atom stereocenters. The van der Waals surface area contributed by atoms with E-state index >= 15 is 0 Å². The van der Waals surface area contributed by atoms with Gasteiger partial charge in [-0.25, -0.2) is 4.68 Å². The molecule has 0 saturated carbocycles. The number of hydrogen-bond donors (Lipinski definition) is 1. The van der Waals surface area contributed by atoms with Gasteiger partial charge in [0.25, 0.3) is 5.56 Å². The van der Waals surface area contributed by atoms with Gasteiger partial charge in [-0.2, -0.15) is 0 Å². The number of benzene rings is 2. The summed E-state index contributed by atoms with van der Waals surface area (Å²) in [5.41, 5.74) is 3.66. The Balaban J connectivity index is 1.46. The van der Waals surface area contributed by atoms with Crippen molar-refractivity contribution in [3.63, 3.8) is 0 Å². The van der Waals surface area contributed by atoms with Crippen LogP contribution < -0.4 is 5.56 Å². The highest BCUT2D eigenvalue weighted by atomic mass is 32.1. The number of pyridine rings is 1. The lowest BCUT2D eigenvalue weighted by atomic mass is 10.0. The minimum Gasteiger partial charge on any atom is -0.376 e. The number of thiophene rings is 1. The molecule has 0 spiro atoms. The summed E-state index contributed by atoms with van der Waals surface area (Å²) in [5, 5.41) is 16.1. The second-order valence-corrected chi connectivity index (χ2v) is 11.2. The van der Waals surface area contributed by atoms with E-state index in [0.717, 1.165) is 48.9 Å². The minimum atomic E-state index is -0.444. The lowest BCUT2D eigenvalue weighted by Crippen LogP contribution is -2.36. The summed E-state index contributed by atoms with van der Waals surface area (Å²) >= 11 is 1.72.